The first kappa shape index (κ1) is 25.6. The molecule has 1 aromatic carbocycles. The quantitative estimate of drug-likeness (QED) is 0.313. The fourth-order valence-electron chi connectivity index (χ4n) is 4.99. The summed E-state index contributed by atoms with van der Waals surface area (Å²) in [7, 11) is 0. The van der Waals surface area contributed by atoms with E-state index in [1.165, 1.54) is 12.6 Å². The summed E-state index contributed by atoms with van der Waals surface area (Å²) >= 11 is 0. The van der Waals surface area contributed by atoms with Crippen LogP contribution in [0.3, 0.4) is 0 Å². The molecule has 2 heterocycles. The van der Waals surface area contributed by atoms with Crippen LogP contribution >= 0.6 is 0 Å². The minimum absolute atomic E-state index is 0.0677. The van der Waals surface area contributed by atoms with Crippen molar-refractivity contribution >= 4 is 17.8 Å². The minimum atomic E-state index is -1.06. The van der Waals surface area contributed by atoms with Gasteiger partial charge in [-0.1, -0.05) is 44.2 Å². The highest BCUT2D eigenvalue weighted by Gasteiger charge is 2.30. The van der Waals surface area contributed by atoms with Crippen molar-refractivity contribution in [2.45, 2.75) is 70.4 Å². The Labute approximate surface area is 219 Å². The summed E-state index contributed by atoms with van der Waals surface area (Å²) < 4.78 is 5.68. The van der Waals surface area contributed by atoms with E-state index in [1.54, 1.807) is 24.3 Å². The molecule has 2 aliphatic rings. The van der Waals surface area contributed by atoms with Gasteiger partial charge in [0, 0.05) is 17.2 Å². The van der Waals surface area contributed by atoms with Crippen LogP contribution in [0.25, 0.3) is 22.8 Å². The Morgan fingerprint density at radius 3 is 2.58 bits per heavy atom. The summed E-state index contributed by atoms with van der Waals surface area (Å²) in [4.78, 5) is 45.5. The molecule has 2 aliphatic carbocycles. The zero-order valence-corrected chi connectivity index (χ0v) is 21.3. The van der Waals surface area contributed by atoms with E-state index < -0.39 is 17.9 Å². The van der Waals surface area contributed by atoms with Crippen molar-refractivity contribution in [3.8, 4) is 22.8 Å². The number of hydrogen-bond acceptors (Lipinski definition) is 7. The predicted molar refractivity (Wildman–Crippen MR) is 137 cm³/mol. The van der Waals surface area contributed by atoms with Gasteiger partial charge in [0.05, 0.1) is 6.20 Å². The van der Waals surface area contributed by atoms with Crippen molar-refractivity contribution in [2.24, 2.45) is 11.8 Å². The van der Waals surface area contributed by atoms with Gasteiger partial charge in [0.1, 0.15) is 6.04 Å². The number of nitrogens with zero attached hydrogens (tertiary/aromatic N) is 3. The lowest BCUT2D eigenvalue weighted by Crippen LogP contribution is -2.42. The summed E-state index contributed by atoms with van der Waals surface area (Å²) in [6, 6.07) is 6.18. The number of carboxylic acids is 1. The normalized spacial score (nSPS) is 17.5. The zero-order valence-electron chi connectivity index (χ0n) is 21.3. The molecular formula is C27H32N6O5. The van der Waals surface area contributed by atoms with E-state index in [0.29, 0.717) is 35.2 Å². The number of carbonyl (C=O) groups excluding carboxylic acids is 2. The topological polar surface area (TPSA) is 163 Å². The second kappa shape index (κ2) is 11.2. The molecule has 0 spiro atoms. The van der Waals surface area contributed by atoms with E-state index >= 15 is 0 Å². The number of aromatic amines is 1. The highest BCUT2D eigenvalue weighted by Crippen LogP contribution is 2.32. The number of nitrogens with one attached hydrogen (secondary N) is 3. The van der Waals surface area contributed by atoms with E-state index in [1.807, 2.05) is 6.92 Å². The average molecular weight is 521 g/mol. The Morgan fingerprint density at radius 1 is 1.08 bits per heavy atom. The molecule has 0 aliphatic heterocycles. The molecule has 0 radical (unpaired) electrons. The first-order valence-electron chi connectivity index (χ1n) is 13.2. The van der Waals surface area contributed by atoms with Crippen molar-refractivity contribution in [1.29, 1.82) is 0 Å². The molecule has 11 nitrogen and oxygen atoms in total. The largest absolute Gasteiger partial charge is 0.480 e. The molecule has 2 amide bonds. The molecular weight excluding hydrogens is 488 g/mol. The number of H-pyrrole nitrogens is 1. The Balaban J connectivity index is 1.25. The second-order valence-electron chi connectivity index (χ2n) is 10.3. The van der Waals surface area contributed by atoms with Gasteiger partial charge in [-0.05, 0) is 50.2 Å². The minimum Gasteiger partial charge on any atom is -0.480 e. The Morgan fingerprint density at radius 2 is 1.84 bits per heavy atom. The maximum Gasteiger partial charge on any atom is 0.326 e. The first-order chi connectivity index (χ1) is 18.4. The summed E-state index contributed by atoms with van der Waals surface area (Å²) in [5, 5.41) is 22.0. The fourth-order valence-corrected chi connectivity index (χ4v) is 4.99. The van der Waals surface area contributed by atoms with E-state index in [-0.39, 0.29) is 29.4 Å². The van der Waals surface area contributed by atoms with Gasteiger partial charge in [-0.15, -0.1) is 0 Å². The lowest BCUT2D eigenvalue weighted by molar-refractivity contribution is -0.139. The number of oxazole rings is 1. The van der Waals surface area contributed by atoms with E-state index in [0.717, 1.165) is 38.5 Å². The molecule has 2 atom stereocenters. The third-order valence-electron chi connectivity index (χ3n) is 7.38. The second-order valence-corrected chi connectivity index (χ2v) is 10.3. The third kappa shape index (κ3) is 6.09. The smallest absolute Gasteiger partial charge is 0.326 e. The summed E-state index contributed by atoms with van der Waals surface area (Å²) in [6.07, 6.45) is 9.27. The maximum atomic E-state index is 12.8. The molecule has 11 heteroatoms. The van der Waals surface area contributed by atoms with Gasteiger partial charge in [0.2, 0.25) is 17.5 Å². The van der Waals surface area contributed by atoms with Crippen LogP contribution in [0, 0.1) is 11.8 Å². The SMILES string of the molecule is C[C@H](NC(=O)c1nc(-c2cccc(-c3ncc(C(=O)NC(CC4CCCCC4)C(=O)O)o3)c2)n[nH]1)C1CC1. The first-order valence-corrected chi connectivity index (χ1v) is 13.2. The third-order valence-corrected chi connectivity index (χ3v) is 7.38. The molecule has 0 saturated heterocycles. The van der Waals surface area contributed by atoms with Crippen molar-refractivity contribution in [3.63, 3.8) is 0 Å². The summed E-state index contributed by atoms with van der Waals surface area (Å²) in [6.45, 7) is 1.99. The molecule has 200 valence electrons. The average Bonchev–Trinajstić information content (AvgIpc) is 3.44. The van der Waals surface area contributed by atoms with Gasteiger partial charge in [-0.3, -0.25) is 14.7 Å². The highest BCUT2D eigenvalue weighted by molar-refractivity contribution is 5.94. The zero-order chi connectivity index (χ0) is 26.6. The number of amides is 2. The highest BCUT2D eigenvalue weighted by atomic mass is 16.4. The maximum absolute atomic E-state index is 12.8. The molecule has 2 fully saturated rings. The van der Waals surface area contributed by atoms with E-state index in [9.17, 15) is 19.5 Å². The Kier molecular flexibility index (Phi) is 7.52. The number of benzene rings is 1. The van der Waals surface area contributed by atoms with Gasteiger partial charge < -0.3 is 20.2 Å². The van der Waals surface area contributed by atoms with E-state index in [2.05, 4.69) is 30.8 Å². The number of hydrogen-bond donors (Lipinski definition) is 4. The molecule has 2 saturated carbocycles. The molecule has 38 heavy (non-hydrogen) atoms. The molecule has 2 aromatic heterocycles. The number of rotatable bonds is 10. The standard InChI is InChI=1S/C27H32N6O5/c1-15(17-10-11-17)29-25(35)23-31-22(32-33-23)18-8-5-9-19(13-18)26-28-14-21(38-26)24(34)30-20(27(36)37)12-16-6-3-2-4-7-16/h5,8-9,13-17,20H,2-4,6-7,10-12H2,1H3,(H,29,35)(H,30,34)(H,36,37)(H,31,32,33)/t15-,20?/m0/s1. The van der Waals surface area contributed by atoms with Crippen LogP contribution in [0.2, 0.25) is 0 Å². The van der Waals surface area contributed by atoms with Gasteiger partial charge in [0.15, 0.2) is 5.82 Å². The van der Waals surface area contributed by atoms with E-state index in [4.69, 9.17) is 4.42 Å². The van der Waals surface area contributed by atoms with Crippen LogP contribution in [-0.4, -0.2) is 55.1 Å². The Hall–Kier alpha value is -4.02. The van der Waals surface area contributed by atoms with Gasteiger partial charge >= 0.3 is 5.97 Å². The van der Waals surface area contributed by atoms with Crippen molar-refractivity contribution < 1.29 is 23.9 Å². The summed E-state index contributed by atoms with van der Waals surface area (Å²) in [5.41, 5.74) is 1.22. The lowest BCUT2D eigenvalue weighted by atomic mass is 9.85. The fraction of sp³-hybridized carbons (Fsp3) is 0.481. The van der Waals surface area contributed by atoms with Gasteiger partial charge in [0.25, 0.3) is 11.8 Å². The molecule has 4 N–H and O–H groups in total. The van der Waals surface area contributed by atoms with Crippen LogP contribution in [0.5, 0.6) is 0 Å². The lowest BCUT2D eigenvalue weighted by Gasteiger charge is -2.24. The van der Waals surface area contributed by atoms with Gasteiger partial charge in [-0.2, -0.15) is 5.10 Å². The monoisotopic (exact) mass is 520 g/mol. The van der Waals surface area contributed by atoms with Crippen molar-refractivity contribution in [3.05, 3.63) is 42.0 Å². The van der Waals surface area contributed by atoms with Gasteiger partial charge in [-0.25, -0.2) is 14.8 Å². The molecule has 3 aromatic rings. The summed E-state index contributed by atoms with van der Waals surface area (Å²) in [5.74, 6) is -0.553. The predicted octanol–water partition coefficient (Wildman–Crippen LogP) is 3.81. The Bertz CT molecular complexity index is 1310. The molecule has 0 bridgehead atoms. The molecule has 1 unspecified atom stereocenters. The van der Waals surface area contributed by atoms with Crippen LogP contribution in [-0.2, 0) is 4.79 Å². The van der Waals surface area contributed by atoms with Crippen LogP contribution < -0.4 is 10.6 Å². The number of carboxylic acid groups (broad SMARTS) is 1. The van der Waals surface area contributed by atoms with Crippen LogP contribution in [0.15, 0.2) is 34.9 Å². The van der Waals surface area contributed by atoms with Crippen LogP contribution in [0.4, 0.5) is 0 Å². The van der Waals surface area contributed by atoms with Crippen molar-refractivity contribution in [2.75, 3.05) is 0 Å². The van der Waals surface area contributed by atoms with Crippen molar-refractivity contribution in [1.82, 2.24) is 30.8 Å². The number of aliphatic carboxylic acids is 1. The number of carbonyl (C=O) groups is 3. The van der Waals surface area contributed by atoms with Crippen LogP contribution in [0.1, 0.15) is 79.5 Å². The molecule has 5 rings (SSSR count). The number of aromatic nitrogens is 4.